The molecule has 542 valence electrons. The Morgan fingerprint density at radius 2 is 0.510 bits per heavy atom. The SMILES string of the molecule is CC(C)(C)c1cc(C=Nc2ccc(Oc3cccc(OCCCCCCOc4cccc(Oc5ccc(N=Cc6cc(C(C)(C)C)cc(C(C)(C)C)c6O)c(N=Cc6cc(C(C)(C)C)cc(C(C)(C)C)c6O)c5)c4)c3)cc2N=Cc2cc(C(C)(C)C)cc(C(C)(C)C)c2O)c(O)c(C(C)(C)C)c1. The van der Waals surface area contributed by atoms with Gasteiger partial charge < -0.3 is 39.4 Å². The average molecular weight is 1380 g/mol. The van der Waals surface area contributed by atoms with Gasteiger partial charge in [0, 0.05) is 93.6 Å². The first-order chi connectivity index (χ1) is 47.2. The van der Waals surface area contributed by atoms with Crippen LogP contribution >= 0.6 is 0 Å². The number of aliphatic imine (C=N–C) groups is 4. The highest BCUT2D eigenvalue weighted by Gasteiger charge is 2.30. The maximum absolute atomic E-state index is 11.7. The summed E-state index contributed by atoms with van der Waals surface area (Å²) in [6.45, 7) is 52.2. The van der Waals surface area contributed by atoms with Crippen LogP contribution in [0.2, 0.25) is 0 Å². The van der Waals surface area contributed by atoms with Gasteiger partial charge in [-0.05, 0) is 164 Å². The van der Waals surface area contributed by atoms with Crippen molar-refractivity contribution >= 4 is 47.6 Å². The van der Waals surface area contributed by atoms with Gasteiger partial charge in [0.2, 0.25) is 0 Å². The minimum absolute atomic E-state index is 0.170. The first-order valence-electron chi connectivity index (χ1n) is 36.0. The smallest absolute Gasteiger partial charge is 0.131 e. The van der Waals surface area contributed by atoms with Gasteiger partial charge >= 0.3 is 0 Å². The molecule has 0 bridgehead atoms. The van der Waals surface area contributed by atoms with Crippen LogP contribution < -0.4 is 18.9 Å². The Balaban J connectivity index is 0.931. The van der Waals surface area contributed by atoms with E-state index in [9.17, 15) is 20.4 Å². The maximum atomic E-state index is 11.7. The van der Waals surface area contributed by atoms with Crippen LogP contribution in [-0.4, -0.2) is 58.5 Å². The molecule has 0 atom stereocenters. The number of hydrogen-bond donors (Lipinski definition) is 4. The summed E-state index contributed by atoms with van der Waals surface area (Å²) < 4.78 is 25.6. The lowest BCUT2D eigenvalue weighted by Gasteiger charge is -2.27. The summed E-state index contributed by atoms with van der Waals surface area (Å²) in [7, 11) is 0. The molecule has 0 heterocycles. The summed E-state index contributed by atoms with van der Waals surface area (Å²) in [6.07, 6.45) is 10.4. The number of hydrogen-bond acceptors (Lipinski definition) is 12. The van der Waals surface area contributed by atoms with Crippen molar-refractivity contribution in [3.05, 3.63) is 200 Å². The zero-order chi connectivity index (χ0) is 75.3. The second-order valence-corrected chi connectivity index (χ2v) is 35.4. The Labute approximate surface area is 609 Å². The molecule has 0 aromatic heterocycles. The van der Waals surface area contributed by atoms with Crippen LogP contribution in [0.3, 0.4) is 0 Å². The van der Waals surface area contributed by atoms with Gasteiger partial charge in [-0.2, -0.15) is 0 Å². The van der Waals surface area contributed by atoms with Crippen LogP contribution in [-0.2, 0) is 43.3 Å². The quantitative estimate of drug-likeness (QED) is 0.0407. The highest BCUT2D eigenvalue weighted by molar-refractivity contribution is 5.93. The summed E-state index contributed by atoms with van der Waals surface area (Å²) in [5, 5.41) is 46.8. The molecule has 0 aliphatic rings. The Morgan fingerprint density at radius 1 is 0.265 bits per heavy atom. The van der Waals surface area contributed by atoms with Crippen LogP contribution in [0.5, 0.6) is 57.5 Å². The minimum Gasteiger partial charge on any atom is -0.507 e. The van der Waals surface area contributed by atoms with Crippen LogP contribution in [0.4, 0.5) is 22.7 Å². The summed E-state index contributed by atoms with van der Waals surface area (Å²) in [5.74, 6) is 4.37. The van der Waals surface area contributed by atoms with Gasteiger partial charge in [0.15, 0.2) is 0 Å². The van der Waals surface area contributed by atoms with Crippen molar-refractivity contribution in [1.82, 2.24) is 0 Å². The lowest BCUT2D eigenvalue weighted by atomic mass is 9.79. The topological polar surface area (TPSA) is 167 Å². The molecule has 0 fully saturated rings. The van der Waals surface area contributed by atoms with Crippen LogP contribution in [0, 0.1) is 0 Å². The number of nitrogens with zero attached hydrogens (tertiary/aromatic N) is 4. The number of aromatic hydroxyl groups is 4. The predicted molar refractivity (Wildman–Crippen MR) is 426 cm³/mol. The maximum Gasteiger partial charge on any atom is 0.131 e. The fraction of sp³-hybridized carbons (Fsp3) is 0.422. The number of phenolic OH excluding ortho intramolecular Hbond substituents is 4. The van der Waals surface area contributed by atoms with E-state index >= 15 is 0 Å². The van der Waals surface area contributed by atoms with Crippen molar-refractivity contribution in [2.24, 2.45) is 20.0 Å². The van der Waals surface area contributed by atoms with Gasteiger partial charge in [0.05, 0.1) is 36.0 Å². The van der Waals surface area contributed by atoms with E-state index in [1.165, 1.54) is 0 Å². The van der Waals surface area contributed by atoms with E-state index in [1.54, 1.807) is 24.9 Å². The number of ether oxygens (including phenoxy) is 4. The molecule has 0 unspecified atom stereocenters. The third-order valence-corrected chi connectivity index (χ3v) is 18.2. The Morgan fingerprint density at radius 3 is 0.765 bits per heavy atom. The lowest BCUT2D eigenvalue weighted by Crippen LogP contribution is -2.17. The first kappa shape index (κ1) is 78.6. The highest BCUT2D eigenvalue weighted by Crippen LogP contribution is 2.45. The van der Waals surface area contributed by atoms with Gasteiger partial charge in [-0.25, -0.2) is 0 Å². The Hall–Kier alpha value is -9.16. The van der Waals surface area contributed by atoms with E-state index in [-0.39, 0.29) is 66.3 Å². The molecule has 8 aromatic rings. The fourth-order valence-electron chi connectivity index (χ4n) is 11.6. The van der Waals surface area contributed by atoms with E-state index in [1.807, 2.05) is 109 Å². The van der Waals surface area contributed by atoms with E-state index in [2.05, 4.69) is 190 Å². The molecular weight excluding hydrogens is 1270 g/mol. The summed E-state index contributed by atoms with van der Waals surface area (Å²) >= 11 is 0. The molecular formula is C90H114N4O8. The van der Waals surface area contributed by atoms with Gasteiger partial charge in [0.1, 0.15) is 57.5 Å². The van der Waals surface area contributed by atoms with E-state index in [0.717, 1.165) is 70.2 Å². The number of rotatable bonds is 21. The third kappa shape index (κ3) is 20.8. The Bertz CT molecular complexity index is 4130. The molecule has 8 rings (SSSR count). The predicted octanol–water partition coefficient (Wildman–Crippen LogP) is 24.5. The molecule has 8 aromatic carbocycles. The first-order valence-corrected chi connectivity index (χ1v) is 36.0. The van der Waals surface area contributed by atoms with Crippen LogP contribution in [0.15, 0.2) is 153 Å². The van der Waals surface area contributed by atoms with Crippen molar-refractivity contribution in [3.8, 4) is 57.5 Å². The monoisotopic (exact) mass is 1380 g/mol. The van der Waals surface area contributed by atoms with E-state index < -0.39 is 0 Å². The summed E-state index contributed by atoms with van der Waals surface area (Å²) in [5.41, 5.74) is 10.3. The zero-order valence-corrected chi connectivity index (χ0v) is 65.5. The summed E-state index contributed by atoms with van der Waals surface area (Å²) in [4.78, 5) is 20.0. The molecule has 0 aliphatic carbocycles. The number of unbranched alkanes of at least 4 members (excludes halogenated alkanes) is 3. The third-order valence-electron chi connectivity index (χ3n) is 18.2. The van der Waals surface area contributed by atoms with Crippen molar-refractivity contribution in [1.29, 1.82) is 0 Å². The molecule has 4 N–H and O–H groups in total. The van der Waals surface area contributed by atoms with Gasteiger partial charge in [-0.3, -0.25) is 20.0 Å². The standard InChI is InChI=1S/C90H114N4O8/c1-83(2,3)61-41-57(79(95)71(45-61)87(13,14)15)53-91-75-37-35-69(51-77(75)93-55-59-43-63(85(7,8)9)47-73(81(59)97)89(19,20)21)101-67-33-29-31-65(49-67)99-39-27-25-26-28-40-100-66-32-30-34-68(50-66)102-70-36-38-76(92-54-58-42-62(84(4,5)6)46-72(80(58)96)88(16,17)18)78(52-70)94-56-60-44-64(86(10,11)12)48-74(82(60)98)90(22,23)24/h29-38,41-56,95-98H,25-28,39-40H2,1-24H3. The minimum atomic E-state index is -0.323. The largest absolute Gasteiger partial charge is 0.507 e. The summed E-state index contributed by atoms with van der Waals surface area (Å²) in [6, 6.07) is 42.7. The van der Waals surface area contributed by atoms with E-state index in [0.29, 0.717) is 92.7 Å². The molecule has 102 heavy (non-hydrogen) atoms. The van der Waals surface area contributed by atoms with Crippen LogP contribution in [0.1, 0.15) is 259 Å². The molecule has 0 amide bonds. The molecule has 12 heteroatoms. The number of phenols is 4. The normalized spacial score (nSPS) is 13.1. The molecule has 0 aliphatic heterocycles. The van der Waals surface area contributed by atoms with Gasteiger partial charge in [0.25, 0.3) is 0 Å². The second kappa shape index (κ2) is 30.8. The highest BCUT2D eigenvalue weighted by atomic mass is 16.5. The second-order valence-electron chi connectivity index (χ2n) is 35.4. The van der Waals surface area contributed by atoms with Gasteiger partial charge in [-0.1, -0.05) is 203 Å². The van der Waals surface area contributed by atoms with Gasteiger partial charge in [-0.15, -0.1) is 0 Å². The zero-order valence-electron chi connectivity index (χ0n) is 65.5. The Kier molecular flexibility index (Phi) is 23.7. The van der Waals surface area contributed by atoms with Crippen molar-refractivity contribution in [3.63, 3.8) is 0 Å². The van der Waals surface area contributed by atoms with Crippen molar-refractivity contribution in [2.75, 3.05) is 13.2 Å². The average Bonchev–Trinajstić information content (AvgIpc) is 0.800. The number of benzene rings is 8. The lowest BCUT2D eigenvalue weighted by molar-refractivity contribution is 0.286. The molecule has 12 nitrogen and oxygen atoms in total. The molecule has 0 saturated carbocycles. The van der Waals surface area contributed by atoms with E-state index in [4.69, 9.17) is 38.9 Å². The van der Waals surface area contributed by atoms with Crippen molar-refractivity contribution < 1.29 is 39.4 Å². The molecule has 0 radical (unpaired) electrons. The van der Waals surface area contributed by atoms with Crippen molar-refractivity contribution in [2.45, 2.75) is 235 Å². The van der Waals surface area contributed by atoms with Crippen LogP contribution in [0.25, 0.3) is 0 Å². The molecule has 0 spiro atoms. The fourth-order valence-corrected chi connectivity index (χ4v) is 11.6. The molecule has 0 saturated heterocycles.